The van der Waals surface area contributed by atoms with E-state index in [1.54, 1.807) is 6.20 Å². The molecule has 2 unspecified atom stereocenters. The van der Waals surface area contributed by atoms with Gasteiger partial charge in [-0.3, -0.25) is 0 Å². The Kier molecular flexibility index (Phi) is 4.43. The molecule has 100 valence electrons. The molecule has 1 aliphatic rings. The van der Waals surface area contributed by atoms with Gasteiger partial charge in [-0.15, -0.1) is 0 Å². The number of ether oxygens (including phenoxy) is 1. The molecule has 2 atom stereocenters. The summed E-state index contributed by atoms with van der Waals surface area (Å²) >= 11 is 5.97. The Labute approximate surface area is 113 Å². The maximum atomic E-state index is 9.26. The van der Waals surface area contributed by atoms with Crippen molar-refractivity contribution in [3.63, 3.8) is 0 Å². The molecule has 2 heterocycles. The number of hydrogen-bond donors (Lipinski definition) is 1. The third kappa shape index (κ3) is 2.76. The molecule has 0 aliphatic carbocycles. The highest BCUT2D eigenvalue weighted by Gasteiger charge is 2.26. The molecule has 18 heavy (non-hydrogen) atoms. The maximum absolute atomic E-state index is 9.26. The number of aliphatic hydroxyl groups is 1. The lowest BCUT2D eigenvalue weighted by Gasteiger charge is -2.39. The first-order chi connectivity index (χ1) is 8.65. The summed E-state index contributed by atoms with van der Waals surface area (Å²) in [5, 5.41) is 9.77. The Morgan fingerprint density at radius 3 is 3.06 bits per heavy atom. The fourth-order valence-corrected chi connectivity index (χ4v) is 2.37. The summed E-state index contributed by atoms with van der Waals surface area (Å²) in [6.45, 7) is 5.67. The molecule has 1 N–H and O–H groups in total. The standard InChI is InChI=1S/C13H19ClN2O2/c1-3-11-8-18-9(2)6-16(11)13-4-10(7-17)12(14)5-15-13/h4-5,9,11,17H,3,6-8H2,1-2H3. The van der Waals surface area contributed by atoms with Gasteiger partial charge in [-0.1, -0.05) is 18.5 Å². The van der Waals surface area contributed by atoms with Crippen molar-refractivity contribution in [2.24, 2.45) is 0 Å². The lowest BCUT2D eigenvalue weighted by Crippen LogP contribution is -2.49. The van der Waals surface area contributed by atoms with Gasteiger partial charge in [-0.05, 0) is 19.4 Å². The van der Waals surface area contributed by atoms with E-state index in [1.165, 1.54) is 0 Å². The number of nitrogens with zero attached hydrogens (tertiary/aromatic N) is 2. The number of anilines is 1. The number of halogens is 1. The first kappa shape index (κ1) is 13.6. The molecule has 1 saturated heterocycles. The molecule has 5 heteroatoms. The van der Waals surface area contributed by atoms with Gasteiger partial charge in [0.05, 0.1) is 30.4 Å². The van der Waals surface area contributed by atoms with Gasteiger partial charge in [0, 0.05) is 18.3 Å². The molecule has 4 nitrogen and oxygen atoms in total. The van der Waals surface area contributed by atoms with E-state index in [0.29, 0.717) is 11.1 Å². The van der Waals surface area contributed by atoms with Crippen LogP contribution < -0.4 is 4.90 Å². The van der Waals surface area contributed by atoms with Crippen molar-refractivity contribution in [3.8, 4) is 0 Å². The largest absolute Gasteiger partial charge is 0.392 e. The van der Waals surface area contributed by atoms with Crippen LogP contribution in [0.4, 0.5) is 5.82 Å². The average Bonchev–Trinajstić information content (AvgIpc) is 2.39. The predicted octanol–water partition coefficient (Wildman–Crippen LogP) is 2.23. The number of aliphatic hydroxyl groups excluding tert-OH is 1. The van der Waals surface area contributed by atoms with Gasteiger partial charge < -0.3 is 14.7 Å². The highest BCUT2D eigenvalue weighted by molar-refractivity contribution is 6.31. The van der Waals surface area contributed by atoms with Crippen LogP contribution >= 0.6 is 11.6 Å². The van der Waals surface area contributed by atoms with E-state index in [2.05, 4.69) is 23.7 Å². The molecular formula is C13H19ClN2O2. The molecule has 1 aromatic heterocycles. The second-order valence-electron chi connectivity index (χ2n) is 4.65. The SMILES string of the molecule is CCC1COC(C)CN1c1cc(CO)c(Cl)cn1. The molecule has 0 radical (unpaired) electrons. The highest BCUT2D eigenvalue weighted by Crippen LogP contribution is 2.25. The van der Waals surface area contributed by atoms with E-state index in [0.717, 1.165) is 31.0 Å². The predicted molar refractivity (Wildman–Crippen MR) is 72.0 cm³/mol. The highest BCUT2D eigenvalue weighted by atomic mass is 35.5. The molecular weight excluding hydrogens is 252 g/mol. The van der Waals surface area contributed by atoms with Crippen LogP contribution in [0.3, 0.4) is 0 Å². The zero-order valence-corrected chi connectivity index (χ0v) is 11.5. The van der Waals surface area contributed by atoms with Crippen molar-refractivity contribution in [1.29, 1.82) is 0 Å². The van der Waals surface area contributed by atoms with E-state index in [1.807, 2.05) is 6.07 Å². The first-order valence-electron chi connectivity index (χ1n) is 6.29. The van der Waals surface area contributed by atoms with E-state index in [9.17, 15) is 5.11 Å². The lowest BCUT2D eigenvalue weighted by atomic mass is 10.1. The van der Waals surface area contributed by atoms with Crippen LogP contribution in [0, 0.1) is 0 Å². The van der Waals surface area contributed by atoms with Crippen LogP contribution in [0.1, 0.15) is 25.8 Å². The van der Waals surface area contributed by atoms with Crippen molar-refractivity contribution in [3.05, 3.63) is 22.8 Å². The summed E-state index contributed by atoms with van der Waals surface area (Å²) in [5.41, 5.74) is 0.718. The van der Waals surface area contributed by atoms with Crippen LogP contribution in [0.15, 0.2) is 12.3 Å². The zero-order valence-electron chi connectivity index (χ0n) is 10.8. The third-order valence-corrected chi connectivity index (χ3v) is 3.66. The van der Waals surface area contributed by atoms with Crippen LogP contribution in [-0.2, 0) is 11.3 Å². The minimum atomic E-state index is -0.0644. The second-order valence-corrected chi connectivity index (χ2v) is 5.06. The summed E-state index contributed by atoms with van der Waals surface area (Å²) < 4.78 is 5.67. The lowest BCUT2D eigenvalue weighted by molar-refractivity contribution is 0.0296. The first-order valence-corrected chi connectivity index (χ1v) is 6.67. The number of morpholine rings is 1. The van der Waals surface area contributed by atoms with E-state index >= 15 is 0 Å². The van der Waals surface area contributed by atoms with Crippen LogP contribution in [0.2, 0.25) is 5.02 Å². The molecule has 1 fully saturated rings. The number of aromatic nitrogens is 1. The van der Waals surface area contributed by atoms with Gasteiger partial charge in [0.1, 0.15) is 5.82 Å². The quantitative estimate of drug-likeness (QED) is 0.915. The summed E-state index contributed by atoms with van der Waals surface area (Å²) in [4.78, 5) is 6.61. The summed E-state index contributed by atoms with van der Waals surface area (Å²) in [7, 11) is 0. The van der Waals surface area contributed by atoms with Crippen molar-refractivity contribution in [2.45, 2.75) is 39.0 Å². The van der Waals surface area contributed by atoms with Crippen molar-refractivity contribution >= 4 is 17.4 Å². The molecule has 1 aliphatic heterocycles. The Hall–Kier alpha value is -0.840. The number of rotatable bonds is 3. The second kappa shape index (κ2) is 5.87. The summed E-state index contributed by atoms with van der Waals surface area (Å²) in [6.07, 6.45) is 2.81. The average molecular weight is 271 g/mol. The minimum absolute atomic E-state index is 0.0644. The Morgan fingerprint density at radius 2 is 2.39 bits per heavy atom. The molecule has 0 aromatic carbocycles. The summed E-state index contributed by atoms with van der Waals surface area (Å²) in [5.74, 6) is 0.866. The van der Waals surface area contributed by atoms with Gasteiger partial charge in [-0.25, -0.2) is 4.98 Å². The Bertz CT molecular complexity index is 414. The van der Waals surface area contributed by atoms with Gasteiger partial charge in [0.25, 0.3) is 0 Å². The minimum Gasteiger partial charge on any atom is -0.392 e. The maximum Gasteiger partial charge on any atom is 0.129 e. The Balaban J connectivity index is 2.27. The van der Waals surface area contributed by atoms with E-state index in [4.69, 9.17) is 16.3 Å². The molecule has 0 bridgehead atoms. The van der Waals surface area contributed by atoms with Crippen molar-refractivity contribution < 1.29 is 9.84 Å². The van der Waals surface area contributed by atoms with E-state index < -0.39 is 0 Å². The van der Waals surface area contributed by atoms with Gasteiger partial charge in [-0.2, -0.15) is 0 Å². The fourth-order valence-electron chi connectivity index (χ4n) is 2.21. The number of pyridine rings is 1. The van der Waals surface area contributed by atoms with Crippen molar-refractivity contribution in [2.75, 3.05) is 18.1 Å². The third-order valence-electron chi connectivity index (χ3n) is 3.32. The van der Waals surface area contributed by atoms with Gasteiger partial charge >= 0.3 is 0 Å². The normalized spacial score (nSPS) is 24.3. The topological polar surface area (TPSA) is 45.6 Å². The number of hydrogen-bond acceptors (Lipinski definition) is 4. The molecule has 1 aromatic rings. The monoisotopic (exact) mass is 270 g/mol. The Morgan fingerprint density at radius 1 is 1.61 bits per heavy atom. The molecule has 0 amide bonds. The van der Waals surface area contributed by atoms with Crippen LogP contribution in [0.5, 0.6) is 0 Å². The summed E-state index contributed by atoms with van der Waals surface area (Å²) in [6, 6.07) is 2.20. The van der Waals surface area contributed by atoms with Gasteiger partial charge in [0.2, 0.25) is 0 Å². The molecule has 0 spiro atoms. The van der Waals surface area contributed by atoms with Gasteiger partial charge in [0.15, 0.2) is 0 Å². The molecule has 0 saturated carbocycles. The fraction of sp³-hybridized carbons (Fsp3) is 0.615. The van der Waals surface area contributed by atoms with Crippen LogP contribution in [-0.4, -0.2) is 35.4 Å². The van der Waals surface area contributed by atoms with Crippen LogP contribution in [0.25, 0.3) is 0 Å². The zero-order chi connectivity index (χ0) is 13.1. The van der Waals surface area contributed by atoms with Crippen molar-refractivity contribution in [1.82, 2.24) is 4.98 Å². The smallest absolute Gasteiger partial charge is 0.129 e. The van der Waals surface area contributed by atoms with E-state index in [-0.39, 0.29) is 12.7 Å². The molecule has 2 rings (SSSR count).